The van der Waals surface area contributed by atoms with Crippen LogP contribution >= 0.6 is 0 Å². The number of nitrogens with zero attached hydrogens (tertiary/aromatic N) is 4. The van der Waals surface area contributed by atoms with Crippen LogP contribution in [0.3, 0.4) is 0 Å². The zero-order valence-corrected chi connectivity index (χ0v) is 19.8. The molecule has 7 heteroatoms. The summed E-state index contributed by atoms with van der Waals surface area (Å²) < 4.78 is 3.32. The maximum atomic E-state index is 13.5. The molecule has 0 bridgehead atoms. The van der Waals surface area contributed by atoms with Gasteiger partial charge in [-0.1, -0.05) is 24.3 Å². The highest BCUT2D eigenvalue weighted by atomic mass is 16.2. The Balaban J connectivity index is 1.50. The molecular formula is C26H33N5O2. The van der Waals surface area contributed by atoms with Gasteiger partial charge in [-0.05, 0) is 61.8 Å². The van der Waals surface area contributed by atoms with E-state index >= 15 is 0 Å². The molecule has 174 valence electrons. The number of carbonyl (C=O) groups is 1. The SMILES string of the molecule is CN(C(=O)Nc1cc2c(cc1N1CCCCC1)n(C)c(=O)n2C)C1CCCc2ccccc21. The number of fused-ring (bicyclic) bond motifs is 2. The molecule has 2 aromatic carbocycles. The molecule has 1 N–H and O–H groups in total. The van der Waals surface area contributed by atoms with Gasteiger partial charge in [-0.2, -0.15) is 0 Å². The third kappa shape index (κ3) is 3.79. The summed E-state index contributed by atoms with van der Waals surface area (Å²) in [6.45, 7) is 1.92. The number of rotatable bonds is 3. The van der Waals surface area contributed by atoms with Crippen molar-refractivity contribution in [1.82, 2.24) is 14.0 Å². The normalized spacial score (nSPS) is 18.3. The van der Waals surface area contributed by atoms with E-state index in [0.717, 1.165) is 67.6 Å². The first kappa shape index (κ1) is 21.6. The van der Waals surface area contributed by atoms with Crippen LogP contribution in [0, 0.1) is 0 Å². The Morgan fingerprint density at radius 1 is 1.00 bits per heavy atom. The lowest BCUT2D eigenvalue weighted by molar-refractivity contribution is 0.197. The maximum Gasteiger partial charge on any atom is 0.328 e. The molecule has 1 aliphatic carbocycles. The summed E-state index contributed by atoms with van der Waals surface area (Å²) in [6.07, 6.45) is 6.62. The fraction of sp³-hybridized carbons (Fsp3) is 0.462. The highest BCUT2D eigenvalue weighted by Gasteiger charge is 2.28. The lowest BCUT2D eigenvalue weighted by Gasteiger charge is -2.34. The largest absolute Gasteiger partial charge is 0.370 e. The van der Waals surface area contributed by atoms with Gasteiger partial charge in [0.25, 0.3) is 0 Å². The summed E-state index contributed by atoms with van der Waals surface area (Å²) in [7, 11) is 5.47. The van der Waals surface area contributed by atoms with Crippen LogP contribution in [-0.4, -0.2) is 40.2 Å². The van der Waals surface area contributed by atoms with Crippen LogP contribution in [0.25, 0.3) is 11.0 Å². The summed E-state index contributed by atoms with van der Waals surface area (Å²) in [5.41, 5.74) is 6.00. The molecule has 2 amide bonds. The number of imidazole rings is 1. The van der Waals surface area contributed by atoms with E-state index in [9.17, 15) is 9.59 Å². The molecule has 3 aromatic rings. The van der Waals surface area contributed by atoms with Gasteiger partial charge in [-0.3, -0.25) is 9.13 Å². The first-order valence-electron chi connectivity index (χ1n) is 12.0. The van der Waals surface area contributed by atoms with Gasteiger partial charge in [-0.25, -0.2) is 9.59 Å². The van der Waals surface area contributed by atoms with Crippen LogP contribution < -0.4 is 15.9 Å². The van der Waals surface area contributed by atoms with Gasteiger partial charge in [0.05, 0.1) is 28.5 Å². The smallest absolute Gasteiger partial charge is 0.328 e. The number of hydrogen-bond acceptors (Lipinski definition) is 3. The molecule has 2 aliphatic rings. The molecule has 1 aliphatic heterocycles. The van der Waals surface area contributed by atoms with E-state index in [-0.39, 0.29) is 17.8 Å². The Bertz CT molecular complexity index is 1250. The fourth-order valence-corrected chi connectivity index (χ4v) is 5.51. The van der Waals surface area contributed by atoms with Crippen LogP contribution in [0.4, 0.5) is 16.2 Å². The van der Waals surface area contributed by atoms with E-state index in [0.29, 0.717) is 0 Å². The van der Waals surface area contributed by atoms with Crippen molar-refractivity contribution in [3.05, 3.63) is 58.0 Å². The second kappa shape index (κ2) is 8.61. The number of amides is 2. The molecule has 1 atom stereocenters. The number of anilines is 2. The number of benzene rings is 2. The van der Waals surface area contributed by atoms with E-state index in [2.05, 4.69) is 40.5 Å². The van der Waals surface area contributed by atoms with Crippen molar-refractivity contribution in [3.63, 3.8) is 0 Å². The van der Waals surface area contributed by atoms with Crippen LogP contribution in [0.5, 0.6) is 0 Å². The fourth-order valence-electron chi connectivity index (χ4n) is 5.51. The lowest BCUT2D eigenvalue weighted by Crippen LogP contribution is -2.37. The highest BCUT2D eigenvalue weighted by Crippen LogP contribution is 2.36. The monoisotopic (exact) mass is 447 g/mol. The molecule has 1 unspecified atom stereocenters. The maximum absolute atomic E-state index is 13.5. The van der Waals surface area contributed by atoms with Crippen molar-refractivity contribution in [3.8, 4) is 0 Å². The van der Waals surface area contributed by atoms with E-state index in [1.54, 1.807) is 23.2 Å². The molecule has 2 heterocycles. The van der Waals surface area contributed by atoms with Crippen LogP contribution in [0.1, 0.15) is 49.3 Å². The minimum absolute atomic E-state index is 0.0611. The summed E-state index contributed by atoms with van der Waals surface area (Å²) in [5, 5.41) is 3.20. The number of hydrogen-bond donors (Lipinski definition) is 1. The predicted molar refractivity (Wildman–Crippen MR) is 133 cm³/mol. The van der Waals surface area contributed by atoms with Gasteiger partial charge in [-0.15, -0.1) is 0 Å². The number of aryl methyl sites for hydroxylation is 3. The quantitative estimate of drug-likeness (QED) is 0.647. The molecule has 0 saturated carbocycles. The highest BCUT2D eigenvalue weighted by molar-refractivity contribution is 5.98. The van der Waals surface area contributed by atoms with E-state index in [1.807, 2.05) is 18.0 Å². The van der Waals surface area contributed by atoms with Gasteiger partial charge < -0.3 is 15.1 Å². The van der Waals surface area contributed by atoms with Crippen LogP contribution in [0.15, 0.2) is 41.2 Å². The van der Waals surface area contributed by atoms with Crippen molar-refractivity contribution < 1.29 is 4.79 Å². The zero-order valence-electron chi connectivity index (χ0n) is 19.8. The lowest BCUT2D eigenvalue weighted by atomic mass is 9.87. The summed E-state index contributed by atoms with van der Waals surface area (Å²) in [6, 6.07) is 12.4. The van der Waals surface area contributed by atoms with Gasteiger partial charge in [0.1, 0.15) is 0 Å². The molecule has 33 heavy (non-hydrogen) atoms. The topological polar surface area (TPSA) is 62.5 Å². The van der Waals surface area contributed by atoms with E-state index < -0.39 is 0 Å². The van der Waals surface area contributed by atoms with Crippen molar-refractivity contribution in [2.45, 2.75) is 44.6 Å². The Morgan fingerprint density at radius 2 is 1.70 bits per heavy atom. The third-order valence-corrected chi connectivity index (χ3v) is 7.45. The summed E-state index contributed by atoms with van der Waals surface area (Å²) in [5.74, 6) is 0. The van der Waals surface area contributed by atoms with Crippen molar-refractivity contribution in [1.29, 1.82) is 0 Å². The number of piperidine rings is 1. The Kier molecular flexibility index (Phi) is 5.64. The van der Waals surface area contributed by atoms with Gasteiger partial charge in [0, 0.05) is 34.2 Å². The zero-order chi connectivity index (χ0) is 23.1. The number of nitrogens with one attached hydrogen (secondary N) is 1. The van der Waals surface area contributed by atoms with Crippen LogP contribution in [0.2, 0.25) is 0 Å². The van der Waals surface area contributed by atoms with E-state index in [4.69, 9.17) is 0 Å². The van der Waals surface area contributed by atoms with Crippen LogP contribution in [-0.2, 0) is 20.5 Å². The first-order valence-corrected chi connectivity index (χ1v) is 12.0. The van der Waals surface area contributed by atoms with E-state index in [1.165, 1.54) is 17.5 Å². The number of aromatic nitrogens is 2. The third-order valence-electron chi connectivity index (χ3n) is 7.45. The average Bonchev–Trinajstić information content (AvgIpc) is 3.06. The Morgan fingerprint density at radius 3 is 2.45 bits per heavy atom. The first-order chi connectivity index (χ1) is 16.0. The van der Waals surface area contributed by atoms with Gasteiger partial charge in [0.2, 0.25) is 0 Å². The molecule has 1 aromatic heterocycles. The molecule has 0 spiro atoms. The molecular weight excluding hydrogens is 414 g/mol. The average molecular weight is 448 g/mol. The second-order valence-corrected chi connectivity index (χ2v) is 9.45. The molecule has 1 saturated heterocycles. The summed E-state index contributed by atoms with van der Waals surface area (Å²) in [4.78, 5) is 30.2. The van der Waals surface area contributed by atoms with Crippen molar-refractivity contribution in [2.75, 3.05) is 30.4 Å². The van der Waals surface area contributed by atoms with Crippen molar-refractivity contribution >= 4 is 28.4 Å². The second-order valence-electron chi connectivity index (χ2n) is 9.45. The van der Waals surface area contributed by atoms with Gasteiger partial charge >= 0.3 is 11.7 Å². The van der Waals surface area contributed by atoms with Crippen molar-refractivity contribution in [2.24, 2.45) is 14.1 Å². The molecule has 0 radical (unpaired) electrons. The Hall–Kier alpha value is -3.22. The van der Waals surface area contributed by atoms with Gasteiger partial charge in [0.15, 0.2) is 0 Å². The standard InChI is InChI=1S/C26H33N5O2/c1-28(21-13-9-11-18-10-5-6-12-19(18)21)25(32)27-20-16-23-24(30(3)26(33)29(23)2)17-22(20)31-14-7-4-8-15-31/h5-6,10,12,16-17,21H,4,7-9,11,13-15H2,1-3H3,(H,27,32). The predicted octanol–water partition coefficient (Wildman–Crippen LogP) is 4.41. The minimum Gasteiger partial charge on any atom is -0.370 e. The Labute approximate surface area is 194 Å². The molecule has 1 fully saturated rings. The summed E-state index contributed by atoms with van der Waals surface area (Å²) >= 11 is 0. The molecule has 5 rings (SSSR count). The molecule has 7 nitrogen and oxygen atoms in total. The minimum atomic E-state index is -0.116. The number of carbonyl (C=O) groups excluding carboxylic acids is 1. The number of urea groups is 1.